The first kappa shape index (κ1) is 15.6. The van der Waals surface area contributed by atoms with Crippen LogP contribution in [-0.2, 0) is 11.3 Å². The number of benzene rings is 1. The van der Waals surface area contributed by atoms with Gasteiger partial charge in [-0.25, -0.2) is 0 Å². The van der Waals surface area contributed by atoms with E-state index in [0.717, 1.165) is 16.1 Å². The number of carboxylic acid groups (broad SMARTS) is 1. The van der Waals surface area contributed by atoms with Gasteiger partial charge in [0.25, 0.3) is 0 Å². The number of aliphatic carboxylic acids is 1. The average Bonchev–Trinajstić information content (AvgIpc) is 3.08. The van der Waals surface area contributed by atoms with Gasteiger partial charge >= 0.3 is 5.97 Å². The van der Waals surface area contributed by atoms with Crippen LogP contribution in [0.15, 0.2) is 29.4 Å². The van der Waals surface area contributed by atoms with Crippen molar-refractivity contribution in [3.63, 3.8) is 0 Å². The van der Waals surface area contributed by atoms with Crippen LogP contribution in [0.25, 0.3) is 12.2 Å². The molecule has 0 saturated carbocycles. The van der Waals surface area contributed by atoms with E-state index < -0.39 is 5.97 Å². The van der Waals surface area contributed by atoms with E-state index in [0.29, 0.717) is 21.8 Å². The van der Waals surface area contributed by atoms with E-state index in [-0.39, 0.29) is 12.3 Å². The first-order valence-corrected chi connectivity index (χ1v) is 8.28. The Morgan fingerprint density at radius 1 is 1.43 bits per heavy atom. The number of fused-ring (bicyclic) bond motifs is 1. The second-order valence-corrected chi connectivity index (χ2v) is 6.75. The van der Waals surface area contributed by atoms with Crippen LogP contribution in [0, 0.1) is 3.95 Å². The lowest BCUT2D eigenvalue weighted by molar-refractivity contribution is -0.137. The van der Waals surface area contributed by atoms with Crippen molar-refractivity contribution in [3.05, 3.63) is 49.4 Å². The van der Waals surface area contributed by atoms with Gasteiger partial charge in [0, 0.05) is 29.9 Å². The van der Waals surface area contributed by atoms with Crippen molar-refractivity contribution in [3.8, 4) is 5.88 Å². The number of thiazole rings is 1. The number of aromatic nitrogens is 1. The predicted octanol–water partition coefficient (Wildman–Crippen LogP) is 2.28. The van der Waals surface area contributed by atoms with Crippen molar-refractivity contribution < 1.29 is 15.0 Å². The molecule has 2 aromatic rings. The Bertz CT molecular complexity index is 970. The van der Waals surface area contributed by atoms with Gasteiger partial charge in [-0.05, 0) is 30.8 Å². The van der Waals surface area contributed by atoms with Gasteiger partial charge in [0.1, 0.15) is 0 Å². The van der Waals surface area contributed by atoms with Crippen LogP contribution >= 0.6 is 23.6 Å². The van der Waals surface area contributed by atoms with Crippen LogP contribution in [0.2, 0.25) is 0 Å². The van der Waals surface area contributed by atoms with Gasteiger partial charge in [0.2, 0.25) is 5.88 Å². The molecule has 0 saturated heterocycles. The minimum atomic E-state index is -0.855. The first-order valence-electron chi connectivity index (χ1n) is 7.06. The van der Waals surface area contributed by atoms with E-state index in [9.17, 15) is 9.90 Å². The molecule has 1 aromatic carbocycles. The molecular formula is C16H14N2O3S2. The van der Waals surface area contributed by atoms with Crippen LogP contribution in [0.1, 0.15) is 23.3 Å². The molecule has 0 unspecified atom stereocenters. The number of carboxylic acids is 1. The lowest BCUT2D eigenvalue weighted by atomic mass is 10.1. The highest BCUT2D eigenvalue weighted by atomic mass is 32.1. The Morgan fingerprint density at radius 2 is 2.26 bits per heavy atom. The smallest absolute Gasteiger partial charge is 0.303 e. The Kier molecular flexibility index (Phi) is 4.40. The van der Waals surface area contributed by atoms with Crippen LogP contribution in [0.3, 0.4) is 0 Å². The summed E-state index contributed by atoms with van der Waals surface area (Å²) in [5, 5.41) is 20.9. The van der Waals surface area contributed by atoms with Crippen molar-refractivity contribution in [1.82, 2.24) is 4.57 Å². The second-order valence-electron chi connectivity index (χ2n) is 5.08. The number of carbonyl (C=O) groups is 1. The third-order valence-electron chi connectivity index (χ3n) is 3.51. The lowest BCUT2D eigenvalue weighted by Gasteiger charge is -2.02. The van der Waals surface area contributed by atoms with Crippen LogP contribution in [0.5, 0.6) is 5.88 Å². The molecule has 0 atom stereocenters. The summed E-state index contributed by atoms with van der Waals surface area (Å²) in [5.74, 6) is -0.777. The first-order chi connectivity index (χ1) is 11.1. The van der Waals surface area contributed by atoms with E-state index >= 15 is 0 Å². The van der Waals surface area contributed by atoms with Crippen molar-refractivity contribution in [2.45, 2.75) is 19.4 Å². The number of rotatable bonds is 5. The molecule has 5 nitrogen and oxygen atoms in total. The van der Waals surface area contributed by atoms with E-state index in [1.807, 2.05) is 30.4 Å². The van der Waals surface area contributed by atoms with E-state index in [4.69, 9.17) is 17.3 Å². The Balaban J connectivity index is 1.97. The molecule has 0 spiro atoms. The second kappa shape index (κ2) is 6.47. The number of para-hydroxylation sites is 1. The van der Waals surface area contributed by atoms with Gasteiger partial charge in [-0.3, -0.25) is 14.4 Å². The zero-order chi connectivity index (χ0) is 16.4. The Morgan fingerprint density at radius 3 is 3.04 bits per heavy atom. The molecule has 3 rings (SSSR count). The van der Waals surface area contributed by atoms with Gasteiger partial charge in [-0.2, -0.15) is 0 Å². The van der Waals surface area contributed by atoms with Gasteiger partial charge in [-0.1, -0.05) is 18.2 Å². The average molecular weight is 346 g/mol. The van der Waals surface area contributed by atoms with Gasteiger partial charge in [-0.15, -0.1) is 11.3 Å². The molecule has 0 amide bonds. The van der Waals surface area contributed by atoms with Crippen molar-refractivity contribution >= 4 is 41.7 Å². The van der Waals surface area contributed by atoms with Gasteiger partial charge in [0.05, 0.1) is 10.2 Å². The zero-order valence-electron chi connectivity index (χ0n) is 12.1. The summed E-state index contributed by atoms with van der Waals surface area (Å²) >= 11 is 6.58. The molecule has 2 N–H and O–H groups in total. The molecule has 1 aliphatic rings. The molecule has 2 heterocycles. The highest BCUT2D eigenvalue weighted by Gasteiger charge is 2.11. The fourth-order valence-electron chi connectivity index (χ4n) is 2.41. The lowest BCUT2D eigenvalue weighted by Crippen LogP contribution is -2.25. The Hall–Kier alpha value is -2.25. The summed E-state index contributed by atoms with van der Waals surface area (Å²) in [6.45, 7) is 0.389. The molecule has 118 valence electrons. The fraction of sp³-hybridized carbons (Fsp3) is 0.188. The van der Waals surface area contributed by atoms with Crippen LogP contribution in [-0.4, -0.2) is 20.7 Å². The molecule has 1 aliphatic heterocycles. The van der Waals surface area contributed by atoms with Crippen LogP contribution in [0.4, 0.5) is 0 Å². The minimum Gasteiger partial charge on any atom is -0.493 e. The predicted molar refractivity (Wildman–Crippen MR) is 91.5 cm³/mol. The van der Waals surface area contributed by atoms with E-state index in [2.05, 4.69) is 4.99 Å². The summed E-state index contributed by atoms with van der Waals surface area (Å²) in [6, 6.07) is 5.86. The summed E-state index contributed by atoms with van der Waals surface area (Å²) in [4.78, 5) is 15.6. The third-order valence-corrected chi connectivity index (χ3v) is 4.89. The summed E-state index contributed by atoms with van der Waals surface area (Å²) in [5.41, 5.74) is 1.04. The Labute approximate surface area is 141 Å². The normalized spacial score (nSPS) is 13.1. The van der Waals surface area contributed by atoms with E-state index in [1.54, 1.807) is 10.8 Å². The molecule has 23 heavy (non-hydrogen) atoms. The third kappa shape index (κ3) is 3.25. The zero-order valence-corrected chi connectivity index (χ0v) is 13.7. The van der Waals surface area contributed by atoms with Crippen molar-refractivity contribution in [2.75, 3.05) is 0 Å². The summed E-state index contributed by atoms with van der Waals surface area (Å²) < 4.78 is 2.11. The van der Waals surface area contributed by atoms with E-state index in [1.165, 1.54) is 11.3 Å². The molecule has 0 fully saturated rings. The highest BCUT2D eigenvalue weighted by Crippen LogP contribution is 2.27. The maximum Gasteiger partial charge on any atom is 0.303 e. The monoisotopic (exact) mass is 346 g/mol. The van der Waals surface area contributed by atoms with Crippen molar-refractivity contribution in [2.24, 2.45) is 4.99 Å². The number of aromatic hydroxyl groups is 1. The minimum absolute atomic E-state index is 0.0485. The largest absolute Gasteiger partial charge is 0.493 e. The number of nitrogens with zero attached hydrogens (tertiary/aromatic N) is 2. The molecule has 0 radical (unpaired) electrons. The van der Waals surface area contributed by atoms with Gasteiger partial charge in [0.15, 0.2) is 3.95 Å². The fourth-order valence-corrected chi connectivity index (χ4v) is 3.72. The molecule has 0 bridgehead atoms. The standard InChI is InChI=1S/C16H14N2O3S2/c19-13(20)5-2-8-18-15(21)12(23-16(18)22)9-11-4-1-3-10-6-7-17-14(10)11/h1,3-4,6-7,9,21H,2,5,8H2,(H,19,20)/b11-9+. The molecule has 1 aromatic heterocycles. The quantitative estimate of drug-likeness (QED) is 0.815. The SMILES string of the molecule is O=C(O)CCCn1c(O)c(/C=c2\cccc3c2=NC=C3)sc1=S. The topological polar surface area (TPSA) is 74.8 Å². The van der Waals surface area contributed by atoms with Gasteiger partial charge < -0.3 is 10.2 Å². The summed E-state index contributed by atoms with van der Waals surface area (Å²) in [6.07, 6.45) is 6.02. The van der Waals surface area contributed by atoms with Crippen LogP contribution < -0.4 is 10.6 Å². The maximum atomic E-state index is 10.6. The summed E-state index contributed by atoms with van der Waals surface area (Å²) in [7, 11) is 0. The maximum absolute atomic E-state index is 10.6. The molecule has 7 heteroatoms. The number of hydrogen-bond acceptors (Lipinski definition) is 5. The number of hydrogen-bond donors (Lipinski definition) is 2. The molecular weight excluding hydrogens is 332 g/mol. The highest BCUT2D eigenvalue weighted by molar-refractivity contribution is 7.73. The van der Waals surface area contributed by atoms with Crippen molar-refractivity contribution in [1.29, 1.82) is 0 Å². The molecule has 0 aliphatic carbocycles.